The molecule has 1 aromatic rings. The summed E-state index contributed by atoms with van der Waals surface area (Å²) < 4.78 is 5.55. The lowest BCUT2D eigenvalue weighted by atomic mass is 10.1. The first-order chi connectivity index (χ1) is 9.61. The van der Waals surface area contributed by atoms with E-state index < -0.39 is 5.97 Å². The standard InChI is InChI=1S/C15H19NO4/c1-2-16(10-13-7-4-8-20-13)14(17)11-5-3-6-12(9-11)15(18)19/h3,5-6,9,13H,2,4,7-8,10H2,1H3,(H,18,19)/t13-/m0/s1. The van der Waals surface area contributed by atoms with Crippen LogP contribution in [0, 0.1) is 0 Å². The number of ether oxygens (including phenoxy) is 1. The van der Waals surface area contributed by atoms with Crippen LogP contribution in [0.2, 0.25) is 0 Å². The highest BCUT2D eigenvalue weighted by atomic mass is 16.5. The molecule has 0 aliphatic carbocycles. The van der Waals surface area contributed by atoms with Crippen LogP contribution >= 0.6 is 0 Å². The third-order valence-corrected chi connectivity index (χ3v) is 3.47. The van der Waals surface area contributed by atoms with E-state index in [1.165, 1.54) is 12.1 Å². The van der Waals surface area contributed by atoms with Crippen molar-refractivity contribution < 1.29 is 19.4 Å². The van der Waals surface area contributed by atoms with E-state index in [-0.39, 0.29) is 17.6 Å². The van der Waals surface area contributed by atoms with E-state index in [0.717, 1.165) is 19.4 Å². The van der Waals surface area contributed by atoms with Crippen molar-refractivity contribution in [2.24, 2.45) is 0 Å². The molecule has 2 rings (SSSR count). The zero-order valence-corrected chi connectivity index (χ0v) is 11.5. The molecular formula is C15H19NO4. The predicted molar refractivity (Wildman–Crippen MR) is 74.0 cm³/mol. The molecule has 20 heavy (non-hydrogen) atoms. The highest BCUT2D eigenvalue weighted by molar-refractivity contribution is 5.97. The molecule has 1 atom stereocenters. The average molecular weight is 277 g/mol. The molecule has 1 heterocycles. The van der Waals surface area contributed by atoms with E-state index in [9.17, 15) is 9.59 Å². The van der Waals surface area contributed by atoms with Crippen LogP contribution in [0.25, 0.3) is 0 Å². The van der Waals surface area contributed by atoms with Crippen LogP contribution in [-0.4, -0.2) is 47.7 Å². The van der Waals surface area contributed by atoms with Gasteiger partial charge in [0.05, 0.1) is 11.7 Å². The van der Waals surface area contributed by atoms with E-state index in [0.29, 0.717) is 18.7 Å². The number of rotatable bonds is 5. The Bertz CT molecular complexity index is 494. The molecule has 1 aliphatic heterocycles. The number of carbonyl (C=O) groups is 2. The van der Waals surface area contributed by atoms with Crippen molar-refractivity contribution in [3.8, 4) is 0 Å². The van der Waals surface area contributed by atoms with Gasteiger partial charge in [-0.05, 0) is 38.0 Å². The number of carbonyl (C=O) groups excluding carboxylic acids is 1. The van der Waals surface area contributed by atoms with E-state index >= 15 is 0 Å². The lowest BCUT2D eigenvalue weighted by Crippen LogP contribution is -2.37. The maximum atomic E-state index is 12.4. The molecule has 1 N–H and O–H groups in total. The lowest BCUT2D eigenvalue weighted by Gasteiger charge is -2.24. The Hall–Kier alpha value is -1.88. The fourth-order valence-corrected chi connectivity index (χ4v) is 2.36. The van der Waals surface area contributed by atoms with Crippen molar-refractivity contribution in [2.75, 3.05) is 19.7 Å². The molecule has 0 bridgehead atoms. The van der Waals surface area contributed by atoms with Crippen molar-refractivity contribution in [1.82, 2.24) is 4.90 Å². The number of carboxylic acids is 1. The summed E-state index contributed by atoms with van der Waals surface area (Å²) in [5.74, 6) is -1.17. The molecule has 108 valence electrons. The Morgan fingerprint density at radius 1 is 1.40 bits per heavy atom. The van der Waals surface area contributed by atoms with E-state index in [4.69, 9.17) is 9.84 Å². The van der Waals surface area contributed by atoms with Gasteiger partial charge in [-0.15, -0.1) is 0 Å². The van der Waals surface area contributed by atoms with E-state index in [1.807, 2.05) is 6.92 Å². The quantitative estimate of drug-likeness (QED) is 0.894. The minimum Gasteiger partial charge on any atom is -0.478 e. The van der Waals surface area contributed by atoms with Gasteiger partial charge in [-0.2, -0.15) is 0 Å². The van der Waals surface area contributed by atoms with Crippen molar-refractivity contribution >= 4 is 11.9 Å². The topological polar surface area (TPSA) is 66.8 Å². The number of nitrogens with zero attached hydrogens (tertiary/aromatic N) is 1. The molecule has 5 heteroatoms. The van der Waals surface area contributed by atoms with Gasteiger partial charge in [0.1, 0.15) is 0 Å². The van der Waals surface area contributed by atoms with Crippen molar-refractivity contribution in [1.29, 1.82) is 0 Å². The van der Waals surface area contributed by atoms with Gasteiger partial charge in [0.2, 0.25) is 0 Å². The Kier molecular flexibility index (Phi) is 4.74. The monoisotopic (exact) mass is 277 g/mol. The Labute approximate surface area is 118 Å². The van der Waals surface area contributed by atoms with E-state index in [1.54, 1.807) is 17.0 Å². The van der Waals surface area contributed by atoms with Gasteiger partial charge in [-0.1, -0.05) is 6.07 Å². The van der Waals surface area contributed by atoms with Crippen molar-refractivity contribution in [3.63, 3.8) is 0 Å². The van der Waals surface area contributed by atoms with Gasteiger partial charge in [-0.3, -0.25) is 4.79 Å². The number of carboxylic acid groups (broad SMARTS) is 1. The summed E-state index contributed by atoms with van der Waals surface area (Å²) in [7, 11) is 0. The van der Waals surface area contributed by atoms with Crippen LogP contribution in [0.1, 0.15) is 40.5 Å². The molecular weight excluding hydrogens is 258 g/mol. The fourth-order valence-electron chi connectivity index (χ4n) is 2.36. The summed E-state index contributed by atoms with van der Waals surface area (Å²) in [6, 6.07) is 6.14. The SMILES string of the molecule is CCN(C[C@@H]1CCCO1)C(=O)c1cccc(C(=O)O)c1. The van der Waals surface area contributed by atoms with Gasteiger partial charge >= 0.3 is 5.97 Å². The van der Waals surface area contributed by atoms with Gasteiger partial charge in [-0.25, -0.2) is 4.79 Å². The maximum absolute atomic E-state index is 12.4. The Balaban J connectivity index is 2.10. The summed E-state index contributed by atoms with van der Waals surface area (Å²) in [5, 5.41) is 8.97. The Morgan fingerprint density at radius 2 is 2.15 bits per heavy atom. The first-order valence-corrected chi connectivity index (χ1v) is 6.86. The van der Waals surface area contributed by atoms with E-state index in [2.05, 4.69) is 0 Å². The van der Waals surface area contributed by atoms with Gasteiger partial charge in [0, 0.05) is 25.3 Å². The highest BCUT2D eigenvalue weighted by Gasteiger charge is 2.22. The minimum absolute atomic E-state index is 0.0987. The van der Waals surface area contributed by atoms with Crippen LogP contribution < -0.4 is 0 Å². The second-order valence-electron chi connectivity index (χ2n) is 4.86. The smallest absolute Gasteiger partial charge is 0.335 e. The molecule has 0 spiro atoms. The summed E-state index contributed by atoms with van der Waals surface area (Å²) >= 11 is 0. The third-order valence-electron chi connectivity index (χ3n) is 3.47. The largest absolute Gasteiger partial charge is 0.478 e. The van der Waals surface area contributed by atoms with Crippen LogP contribution in [0.3, 0.4) is 0 Å². The molecule has 5 nitrogen and oxygen atoms in total. The Morgan fingerprint density at radius 3 is 2.75 bits per heavy atom. The predicted octanol–water partition coefficient (Wildman–Crippen LogP) is 2.03. The fraction of sp³-hybridized carbons (Fsp3) is 0.467. The molecule has 1 saturated heterocycles. The first-order valence-electron chi connectivity index (χ1n) is 6.86. The number of amides is 1. The van der Waals surface area contributed by atoms with Crippen LogP contribution in [0.15, 0.2) is 24.3 Å². The van der Waals surface area contributed by atoms with Gasteiger partial charge in [0.25, 0.3) is 5.91 Å². The molecule has 1 amide bonds. The number of likely N-dealkylation sites (N-methyl/N-ethyl adjacent to an activating group) is 1. The molecule has 1 aliphatic rings. The summed E-state index contributed by atoms with van der Waals surface area (Å²) in [6.45, 7) is 3.81. The number of aromatic carboxylic acids is 1. The molecule has 0 saturated carbocycles. The van der Waals surface area contributed by atoms with Crippen molar-refractivity contribution in [3.05, 3.63) is 35.4 Å². The number of hydrogen-bond donors (Lipinski definition) is 1. The summed E-state index contributed by atoms with van der Waals surface area (Å²) in [6.07, 6.45) is 2.10. The zero-order valence-electron chi connectivity index (χ0n) is 11.5. The zero-order chi connectivity index (χ0) is 14.5. The average Bonchev–Trinajstić information content (AvgIpc) is 2.97. The normalized spacial score (nSPS) is 17.9. The van der Waals surface area contributed by atoms with Gasteiger partial charge < -0.3 is 14.7 Å². The summed E-state index contributed by atoms with van der Waals surface area (Å²) in [4.78, 5) is 25.1. The van der Waals surface area contributed by atoms with Gasteiger partial charge in [0.15, 0.2) is 0 Å². The number of benzene rings is 1. The van der Waals surface area contributed by atoms with Crippen LogP contribution in [0.5, 0.6) is 0 Å². The highest BCUT2D eigenvalue weighted by Crippen LogP contribution is 2.15. The number of hydrogen-bond acceptors (Lipinski definition) is 3. The molecule has 1 fully saturated rings. The second kappa shape index (κ2) is 6.52. The summed E-state index contributed by atoms with van der Waals surface area (Å²) in [5.41, 5.74) is 0.536. The molecule has 0 radical (unpaired) electrons. The molecule has 0 unspecified atom stereocenters. The minimum atomic E-state index is -1.03. The molecule has 1 aromatic carbocycles. The molecule has 0 aromatic heterocycles. The third kappa shape index (κ3) is 3.36. The lowest BCUT2D eigenvalue weighted by molar-refractivity contribution is 0.0539. The van der Waals surface area contributed by atoms with Crippen LogP contribution in [0.4, 0.5) is 0 Å². The van der Waals surface area contributed by atoms with Crippen LogP contribution in [-0.2, 0) is 4.74 Å². The first kappa shape index (κ1) is 14.5. The maximum Gasteiger partial charge on any atom is 0.335 e. The van der Waals surface area contributed by atoms with Crippen molar-refractivity contribution in [2.45, 2.75) is 25.9 Å². The second-order valence-corrected chi connectivity index (χ2v) is 4.86.